The molecule has 0 bridgehead atoms. The summed E-state index contributed by atoms with van der Waals surface area (Å²) < 4.78 is 1.51. The zero-order valence-corrected chi connectivity index (χ0v) is 8.28. The van der Waals surface area contributed by atoms with Crippen molar-refractivity contribution in [2.75, 3.05) is 0 Å². The highest BCUT2D eigenvalue weighted by Gasteiger charge is 2.15. The topological polar surface area (TPSA) is 55.1 Å². The summed E-state index contributed by atoms with van der Waals surface area (Å²) in [5.41, 5.74) is 1.63. The molecule has 0 radical (unpaired) electrons. The summed E-state index contributed by atoms with van der Waals surface area (Å²) in [6, 6.07) is 1.86. The van der Waals surface area contributed by atoms with Crippen molar-refractivity contribution in [3.63, 3.8) is 0 Å². The summed E-state index contributed by atoms with van der Waals surface area (Å²) in [5, 5.41) is 16.8. The van der Waals surface area contributed by atoms with Gasteiger partial charge in [-0.15, -0.1) is 0 Å². The predicted octanol–water partition coefficient (Wildman–Crippen LogP) is 1.85. The van der Waals surface area contributed by atoms with Gasteiger partial charge in [-0.25, -0.2) is 4.79 Å². The number of rotatable bonds is 2. The number of carboxylic acid groups (broad SMARTS) is 1. The van der Waals surface area contributed by atoms with Crippen molar-refractivity contribution in [1.29, 1.82) is 0 Å². The molecule has 2 rings (SSSR count). The molecule has 14 heavy (non-hydrogen) atoms. The molecule has 0 saturated carbocycles. The second kappa shape index (κ2) is 3.26. The molecular formula is C9H8N2O2S. The molecule has 0 amide bonds. The van der Waals surface area contributed by atoms with Crippen LogP contribution in [0.1, 0.15) is 10.4 Å². The van der Waals surface area contributed by atoms with Gasteiger partial charge in [0.25, 0.3) is 0 Å². The smallest absolute Gasteiger partial charge is 0.339 e. The van der Waals surface area contributed by atoms with Crippen molar-refractivity contribution in [3.05, 3.63) is 28.6 Å². The van der Waals surface area contributed by atoms with Crippen molar-refractivity contribution in [2.24, 2.45) is 7.05 Å². The van der Waals surface area contributed by atoms with E-state index in [1.165, 1.54) is 22.2 Å². The van der Waals surface area contributed by atoms with Crippen LogP contribution in [-0.2, 0) is 7.05 Å². The first-order chi connectivity index (χ1) is 6.68. The Hall–Kier alpha value is -1.62. The molecule has 0 unspecified atom stereocenters. The molecule has 1 N–H and O–H groups in total. The molecular weight excluding hydrogens is 200 g/mol. The van der Waals surface area contributed by atoms with E-state index < -0.39 is 5.97 Å². The summed E-state index contributed by atoms with van der Waals surface area (Å²) in [7, 11) is 1.71. The Balaban J connectivity index is 2.58. The average Bonchev–Trinajstić information content (AvgIpc) is 2.70. The third-order valence-electron chi connectivity index (χ3n) is 1.85. The lowest BCUT2D eigenvalue weighted by Gasteiger charge is -1.92. The molecule has 0 fully saturated rings. The number of hydrogen-bond donors (Lipinski definition) is 1. The van der Waals surface area contributed by atoms with Crippen molar-refractivity contribution in [3.8, 4) is 11.3 Å². The second-order valence-electron chi connectivity index (χ2n) is 2.88. The Morgan fingerprint density at radius 3 is 3.00 bits per heavy atom. The van der Waals surface area contributed by atoms with Gasteiger partial charge in [0.1, 0.15) is 11.3 Å². The number of nitrogens with zero attached hydrogens (tertiary/aromatic N) is 2. The summed E-state index contributed by atoms with van der Waals surface area (Å²) in [6.07, 6.45) is 1.51. The number of carbonyl (C=O) groups is 1. The first-order valence-electron chi connectivity index (χ1n) is 3.98. The number of aryl methyl sites for hydroxylation is 1. The molecule has 2 aromatic heterocycles. The molecule has 0 aliphatic carbocycles. The fourth-order valence-electron chi connectivity index (χ4n) is 1.26. The van der Waals surface area contributed by atoms with Crippen molar-refractivity contribution >= 4 is 17.3 Å². The normalized spacial score (nSPS) is 10.4. The lowest BCUT2D eigenvalue weighted by Crippen LogP contribution is -1.95. The highest BCUT2D eigenvalue weighted by molar-refractivity contribution is 7.08. The van der Waals surface area contributed by atoms with Crippen LogP contribution in [0.3, 0.4) is 0 Å². The minimum atomic E-state index is -0.945. The molecule has 2 aromatic rings. The zero-order valence-electron chi connectivity index (χ0n) is 7.47. The van der Waals surface area contributed by atoms with Crippen LogP contribution in [0.5, 0.6) is 0 Å². The Labute approximate surface area is 84.4 Å². The number of hydrogen-bond acceptors (Lipinski definition) is 3. The number of thiophene rings is 1. The summed E-state index contributed by atoms with van der Waals surface area (Å²) >= 11 is 1.52. The van der Waals surface area contributed by atoms with Crippen molar-refractivity contribution in [2.45, 2.75) is 0 Å². The molecule has 5 heteroatoms. The second-order valence-corrected chi connectivity index (χ2v) is 3.66. The highest BCUT2D eigenvalue weighted by atomic mass is 32.1. The van der Waals surface area contributed by atoms with Gasteiger partial charge in [-0.05, 0) is 11.4 Å². The van der Waals surface area contributed by atoms with Crippen LogP contribution < -0.4 is 0 Å². The van der Waals surface area contributed by atoms with E-state index in [0.29, 0.717) is 5.69 Å². The molecule has 72 valence electrons. The molecule has 0 atom stereocenters. The van der Waals surface area contributed by atoms with E-state index in [4.69, 9.17) is 5.11 Å². The van der Waals surface area contributed by atoms with E-state index in [0.717, 1.165) is 5.56 Å². The van der Waals surface area contributed by atoms with Crippen LogP contribution in [0, 0.1) is 0 Å². The Morgan fingerprint density at radius 2 is 2.43 bits per heavy atom. The fraction of sp³-hybridized carbons (Fsp3) is 0.111. The summed E-state index contributed by atoms with van der Waals surface area (Å²) in [6.45, 7) is 0. The van der Waals surface area contributed by atoms with E-state index >= 15 is 0 Å². The highest BCUT2D eigenvalue weighted by Crippen LogP contribution is 2.23. The van der Waals surface area contributed by atoms with Crippen LogP contribution in [0.25, 0.3) is 11.3 Å². The number of aromatic nitrogens is 2. The lowest BCUT2D eigenvalue weighted by molar-refractivity contribution is 0.0697. The van der Waals surface area contributed by atoms with Gasteiger partial charge < -0.3 is 5.11 Å². The Kier molecular flexibility index (Phi) is 2.09. The third kappa shape index (κ3) is 1.42. The van der Waals surface area contributed by atoms with Gasteiger partial charge >= 0.3 is 5.97 Å². The molecule has 0 saturated heterocycles. The maximum atomic E-state index is 10.9. The van der Waals surface area contributed by atoms with Gasteiger partial charge in [0, 0.05) is 24.2 Å². The van der Waals surface area contributed by atoms with Crippen LogP contribution in [0.4, 0.5) is 0 Å². The van der Waals surface area contributed by atoms with Gasteiger partial charge in [0.2, 0.25) is 0 Å². The first kappa shape index (κ1) is 8.96. The molecule has 0 aromatic carbocycles. The van der Waals surface area contributed by atoms with Gasteiger partial charge in [-0.2, -0.15) is 16.4 Å². The maximum Gasteiger partial charge on any atom is 0.339 e. The van der Waals surface area contributed by atoms with Crippen LogP contribution in [-0.4, -0.2) is 20.9 Å². The number of carboxylic acids is 1. The van der Waals surface area contributed by atoms with E-state index in [9.17, 15) is 4.79 Å². The largest absolute Gasteiger partial charge is 0.478 e. The van der Waals surface area contributed by atoms with Gasteiger partial charge in [0.15, 0.2) is 0 Å². The minimum absolute atomic E-state index is 0.242. The van der Waals surface area contributed by atoms with E-state index in [1.807, 2.05) is 16.8 Å². The fourth-order valence-corrected chi connectivity index (χ4v) is 1.90. The van der Waals surface area contributed by atoms with Crippen LogP contribution >= 0.6 is 11.3 Å². The third-order valence-corrected chi connectivity index (χ3v) is 2.54. The Morgan fingerprint density at radius 1 is 1.64 bits per heavy atom. The zero-order chi connectivity index (χ0) is 10.1. The Bertz CT molecular complexity index is 459. The molecule has 4 nitrogen and oxygen atoms in total. The molecule has 0 aliphatic heterocycles. The van der Waals surface area contributed by atoms with E-state index in [2.05, 4.69) is 5.10 Å². The van der Waals surface area contributed by atoms with Crippen molar-refractivity contribution < 1.29 is 9.90 Å². The average molecular weight is 208 g/mol. The van der Waals surface area contributed by atoms with Crippen LogP contribution in [0.15, 0.2) is 23.0 Å². The van der Waals surface area contributed by atoms with Crippen molar-refractivity contribution in [1.82, 2.24) is 9.78 Å². The summed E-state index contributed by atoms with van der Waals surface area (Å²) in [5.74, 6) is -0.945. The summed E-state index contributed by atoms with van der Waals surface area (Å²) in [4.78, 5) is 10.9. The standard InChI is InChI=1S/C9H8N2O2S/c1-11-4-7(9(12)13)8(10-11)6-2-3-14-5-6/h2-5H,1H3,(H,12,13). The monoisotopic (exact) mass is 208 g/mol. The first-order valence-corrected chi connectivity index (χ1v) is 4.92. The molecule has 2 heterocycles. The SMILES string of the molecule is Cn1cc(C(=O)O)c(-c2ccsc2)n1. The van der Waals surface area contributed by atoms with Crippen LogP contribution in [0.2, 0.25) is 0 Å². The maximum absolute atomic E-state index is 10.9. The van der Waals surface area contributed by atoms with Gasteiger partial charge in [-0.1, -0.05) is 0 Å². The lowest BCUT2D eigenvalue weighted by atomic mass is 10.1. The van der Waals surface area contributed by atoms with Gasteiger partial charge in [-0.3, -0.25) is 4.68 Å². The van der Waals surface area contributed by atoms with E-state index in [1.54, 1.807) is 7.05 Å². The van der Waals surface area contributed by atoms with E-state index in [-0.39, 0.29) is 5.56 Å². The number of aromatic carboxylic acids is 1. The predicted molar refractivity (Wildman–Crippen MR) is 53.5 cm³/mol. The minimum Gasteiger partial charge on any atom is -0.478 e. The van der Waals surface area contributed by atoms with Gasteiger partial charge in [0.05, 0.1) is 0 Å². The molecule has 0 aliphatic rings. The molecule has 0 spiro atoms. The quantitative estimate of drug-likeness (QED) is 0.819.